The highest BCUT2D eigenvalue weighted by atomic mass is 79.9. The molecule has 0 aromatic heterocycles. The van der Waals surface area contributed by atoms with Crippen molar-refractivity contribution in [3.63, 3.8) is 0 Å². The second-order valence-corrected chi connectivity index (χ2v) is 4.35. The van der Waals surface area contributed by atoms with Gasteiger partial charge in [-0.2, -0.15) is 0 Å². The van der Waals surface area contributed by atoms with Crippen molar-refractivity contribution in [2.24, 2.45) is 0 Å². The minimum atomic E-state index is -1.05. The second kappa shape index (κ2) is 5.79. The van der Waals surface area contributed by atoms with E-state index in [9.17, 15) is 9.59 Å². The van der Waals surface area contributed by atoms with Crippen molar-refractivity contribution in [3.8, 4) is 0 Å². The minimum absolute atomic E-state index is 0.111. The van der Waals surface area contributed by atoms with Gasteiger partial charge in [0.1, 0.15) is 0 Å². The normalized spacial score (nSPS) is 11.9. The lowest BCUT2D eigenvalue weighted by Gasteiger charge is -2.11. The first kappa shape index (κ1) is 13.7. The monoisotopic (exact) mass is 300 g/mol. The average molecular weight is 301 g/mol. The molecule has 0 fully saturated rings. The molecule has 0 heterocycles. The third-order valence-electron chi connectivity index (χ3n) is 2.29. The summed E-state index contributed by atoms with van der Waals surface area (Å²) in [5.41, 5.74) is 0.567. The van der Waals surface area contributed by atoms with Crippen molar-refractivity contribution in [3.05, 3.63) is 28.2 Å². The van der Waals surface area contributed by atoms with Gasteiger partial charge in [-0.3, -0.25) is 4.79 Å². The van der Waals surface area contributed by atoms with E-state index in [1.165, 1.54) is 6.07 Å². The number of aromatic carboxylic acids is 1. The lowest BCUT2D eigenvalue weighted by molar-refractivity contribution is -0.117. The molecule has 3 N–H and O–H groups in total. The Kier molecular flexibility index (Phi) is 4.65. The molecule has 0 bridgehead atoms. The van der Waals surface area contributed by atoms with Gasteiger partial charge in [-0.1, -0.05) is 0 Å². The van der Waals surface area contributed by atoms with Gasteiger partial charge in [0, 0.05) is 10.2 Å². The number of carbonyl (C=O) groups excluding carboxylic acids is 1. The quantitative estimate of drug-likeness (QED) is 0.791. The lowest BCUT2D eigenvalue weighted by Crippen LogP contribution is -2.35. The Bertz CT molecular complexity index is 448. The number of amides is 1. The van der Waals surface area contributed by atoms with Crippen molar-refractivity contribution in [1.29, 1.82) is 0 Å². The number of halogens is 1. The minimum Gasteiger partial charge on any atom is -0.478 e. The van der Waals surface area contributed by atoms with Crippen molar-refractivity contribution in [2.45, 2.75) is 13.0 Å². The van der Waals surface area contributed by atoms with E-state index < -0.39 is 5.97 Å². The molecular weight excluding hydrogens is 288 g/mol. The average Bonchev–Trinajstić information content (AvgIpc) is 2.30. The molecule has 92 valence electrons. The zero-order valence-corrected chi connectivity index (χ0v) is 11.0. The maximum atomic E-state index is 11.6. The number of benzene rings is 1. The number of anilines is 1. The number of likely N-dealkylation sites (N-methyl/N-ethyl adjacent to an activating group) is 1. The van der Waals surface area contributed by atoms with E-state index in [1.807, 2.05) is 0 Å². The maximum Gasteiger partial charge on any atom is 0.336 e. The van der Waals surface area contributed by atoms with Crippen LogP contribution >= 0.6 is 15.9 Å². The molecule has 1 aromatic carbocycles. The summed E-state index contributed by atoms with van der Waals surface area (Å²) in [5, 5.41) is 14.4. The van der Waals surface area contributed by atoms with Gasteiger partial charge in [0.2, 0.25) is 5.91 Å². The predicted molar refractivity (Wildman–Crippen MR) is 68.3 cm³/mol. The standard InChI is InChI=1S/C11H13BrN2O3/c1-6(13-2)10(15)14-7-3-4-9(12)8(5-7)11(16)17/h3-6,13H,1-2H3,(H,14,15)(H,16,17). The van der Waals surface area contributed by atoms with E-state index in [4.69, 9.17) is 5.11 Å². The molecule has 0 aliphatic rings. The van der Waals surface area contributed by atoms with E-state index in [1.54, 1.807) is 26.1 Å². The van der Waals surface area contributed by atoms with Gasteiger partial charge < -0.3 is 15.7 Å². The number of carbonyl (C=O) groups is 2. The van der Waals surface area contributed by atoms with E-state index in [0.717, 1.165) is 0 Å². The fourth-order valence-electron chi connectivity index (χ4n) is 1.15. The molecule has 0 aliphatic carbocycles. The van der Waals surface area contributed by atoms with Crippen LogP contribution in [0.1, 0.15) is 17.3 Å². The van der Waals surface area contributed by atoms with Crippen LogP contribution in [-0.4, -0.2) is 30.1 Å². The summed E-state index contributed by atoms with van der Waals surface area (Å²) in [6, 6.07) is 4.29. The van der Waals surface area contributed by atoms with Crippen molar-refractivity contribution < 1.29 is 14.7 Å². The topological polar surface area (TPSA) is 78.4 Å². The summed E-state index contributed by atoms with van der Waals surface area (Å²) in [7, 11) is 1.68. The molecular formula is C11H13BrN2O3. The summed E-state index contributed by atoms with van der Waals surface area (Å²) >= 11 is 3.13. The first-order valence-corrected chi connectivity index (χ1v) is 5.76. The summed E-state index contributed by atoms with van der Waals surface area (Å²) in [6.07, 6.45) is 0. The van der Waals surface area contributed by atoms with Crippen LogP contribution in [0, 0.1) is 0 Å². The number of carboxylic acids is 1. The molecule has 6 heteroatoms. The Balaban J connectivity index is 2.90. The summed E-state index contributed by atoms with van der Waals surface area (Å²) in [6.45, 7) is 1.71. The number of nitrogens with one attached hydrogen (secondary N) is 2. The highest BCUT2D eigenvalue weighted by molar-refractivity contribution is 9.10. The molecule has 0 saturated heterocycles. The summed E-state index contributed by atoms with van der Waals surface area (Å²) in [4.78, 5) is 22.5. The first-order valence-electron chi connectivity index (χ1n) is 4.96. The number of carboxylic acid groups (broad SMARTS) is 1. The Morgan fingerprint density at radius 1 is 1.41 bits per heavy atom. The molecule has 17 heavy (non-hydrogen) atoms. The second-order valence-electron chi connectivity index (χ2n) is 3.50. The molecule has 0 aliphatic heterocycles. The number of hydrogen-bond donors (Lipinski definition) is 3. The van der Waals surface area contributed by atoms with Crippen molar-refractivity contribution >= 4 is 33.5 Å². The zero-order valence-electron chi connectivity index (χ0n) is 9.45. The van der Waals surface area contributed by atoms with Crippen LogP contribution in [0.25, 0.3) is 0 Å². The van der Waals surface area contributed by atoms with Gasteiger partial charge in [0.25, 0.3) is 0 Å². The molecule has 0 spiro atoms. The van der Waals surface area contributed by atoms with E-state index in [2.05, 4.69) is 26.6 Å². The maximum absolute atomic E-state index is 11.6. The van der Waals surface area contributed by atoms with Gasteiger partial charge in [-0.05, 0) is 48.1 Å². The molecule has 0 radical (unpaired) electrons. The van der Waals surface area contributed by atoms with Gasteiger partial charge in [-0.25, -0.2) is 4.79 Å². The zero-order chi connectivity index (χ0) is 13.0. The van der Waals surface area contributed by atoms with Gasteiger partial charge >= 0.3 is 5.97 Å². The summed E-state index contributed by atoms with van der Waals surface area (Å²) in [5.74, 6) is -1.26. The van der Waals surface area contributed by atoms with Crippen LogP contribution < -0.4 is 10.6 Å². The fourth-order valence-corrected chi connectivity index (χ4v) is 1.56. The first-order chi connectivity index (χ1) is 7.95. The Hall–Kier alpha value is -1.40. The molecule has 0 saturated carbocycles. The van der Waals surface area contributed by atoms with E-state index >= 15 is 0 Å². The Morgan fingerprint density at radius 3 is 2.59 bits per heavy atom. The SMILES string of the molecule is CNC(C)C(=O)Nc1ccc(Br)c(C(=O)O)c1. The third-order valence-corrected chi connectivity index (χ3v) is 2.98. The predicted octanol–water partition coefficient (Wildman–Crippen LogP) is 1.69. The third kappa shape index (κ3) is 3.54. The van der Waals surface area contributed by atoms with Crippen LogP contribution in [-0.2, 0) is 4.79 Å². The van der Waals surface area contributed by atoms with Gasteiger partial charge in [0.15, 0.2) is 0 Å². The molecule has 1 unspecified atom stereocenters. The fraction of sp³-hybridized carbons (Fsp3) is 0.273. The smallest absolute Gasteiger partial charge is 0.336 e. The van der Waals surface area contributed by atoms with Gasteiger partial charge in [-0.15, -0.1) is 0 Å². The van der Waals surface area contributed by atoms with Gasteiger partial charge in [0.05, 0.1) is 11.6 Å². The molecule has 1 aromatic rings. The highest BCUT2D eigenvalue weighted by Gasteiger charge is 2.13. The van der Waals surface area contributed by atoms with Crippen molar-refractivity contribution in [1.82, 2.24) is 5.32 Å². The number of hydrogen-bond acceptors (Lipinski definition) is 3. The van der Waals surface area contributed by atoms with Crippen LogP contribution in [0.4, 0.5) is 5.69 Å². The lowest BCUT2D eigenvalue weighted by atomic mass is 10.2. The number of rotatable bonds is 4. The Morgan fingerprint density at radius 2 is 2.06 bits per heavy atom. The van der Waals surface area contributed by atoms with Crippen LogP contribution in [0.5, 0.6) is 0 Å². The molecule has 5 nitrogen and oxygen atoms in total. The van der Waals surface area contributed by atoms with Crippen LogP contribution in [0.15, 0.2) is 22.7 Å². The highest BCUT2D eigenvalue weighted by Crippen LogP contribution is 2.21. The van der Waals surface area contributed by atoms with E-state index in [0.29, 0.717) is 10.2 Å². The van der Waals surface area contributed by atoms with E-state index in [-0.39, 0.29) is 17.5 Å². The Labute approximate surface area is 107 Å². The molecule has 1 atom stereocenters. The summed E-state index contributed by atoms with van der Waals surface area (Å²) < 4.78 is 0.477. The van der Waals surface area contributed by atoms with Crippen molar-refractivity contribution in [2.75, 3.05) is 12.4 Å². The largest absolute Gasteiger partial charge is 0.478 e. The van der Waals surface area contributed by atoms with Crippen LogP contribution in [0.2, 0.25) is 0 Å². The van der Waals surface area contributed by atoms with Crippen LogP contribution in [0.3, 0.4) is 0 Å². The molecule has 1 amide bonds. The molecule has 1 rings (SSSR count).